The minimum atomic E-state index is 0.770. The molecule has 20 heavy (non-hydrogen) atoms. The van der Waals surface area contributed by atoms with Gasteiger partial charge in [0.15, 0.2) is 0 Å². The first-order chi connectivity index (χ1) is 9.76. The summed E-state index contributed by atoms with van der Waals surface area (Å²) in [6, 6.07) is 5.93. The molecule has 0 aliphatic carbocycles. The van der Waals surface area contributed by atoms with Gasteiger partial charge in [-0.15, -0.1) is 0 Å². The number of nitrogens with zero attached hydrogens (tertiary/aromatic N) is 1. The van der Waals surface area contributed by atoms with Gasteiger partial charge in [0.2, 0.25) is 0 Å². The lowest BCUT2D eigenvalue weighted by molar-refractivity contribution is 0.338. The second kappa shape index (κ2) is 7.50. The molecule has 1 saturated heterocycles. The molecule has 0 amide bonds. The van der Waals surface area contributed by atoms with E-state index in [1.54, 1.807) is 14.2 Å². The van der Waals surface area contributed by atoms with Gasteiger partial charge in [-0.05, 0) is 50.2 Å². The first-order valence-electron chi connectivity index (χ1n) is 7.40. The third kappa shape index (κ3) is 3.87. The van der Waals surface area contributed by atoms with Gasteiger partial charge < -0.3 is 19.7 Å². The fraction of sp³-hybridized carbons (Fsp3) is 0.625. The van der Waals surface area contributed by atoms with Gasteiger partial charge in [0.05, 0.1) is 14.2 Å². The number of likely N-dealkylation sites (tertiary alicyclic amines) is 1. The number of hydrogen-bond acceptors (Lipinski definition) is 4. The van der Waals surface area contributed by atoms with Crippen molar-refractivity contribution >= 4 is 0 Å². The second-order valence-corrected chi connectivity index (χ2v) is 5.36. The molecular weight excluding hydrogens is 252 g/mol. The van der Waals surface area contributed by atoms with E-state index in [4.69, 9.17) is 9.47 Å². The molecule has 0 aromatic heterocycles. The summed E-state index contributed by atoms with van der Waals surface area (Å²) in [5.41, 5.74) is 1.15. The Bertz CT molecular complexity index is 423. The van der Waals surface area contributed by atoms with E-state index >= 15 is 0 Å². The van der Waals surface area contributed by atoms with Crippen LogP contribution >= 0.6 is 0 Å². The monoisotopic (exact) mass is 278 g/mol. The molecular formula is C16H26N2O2. The normalized spacial score (nSPS) is 19.2. The Balaban J connectivity index is 1.84. The van der Waals surface area contributed by atoms with Gasteiger partial charge in [0.25, 0.3) is 0 Å². The predicted molar refractivity (Wildman–Crippen MR) is 81.5 cm³/mol. The molecule has 0 radical (unpaired) electrons. The number of rotatable bonds is 7. The Labute approximate surface area is 122 Å². The highest BCUT2D eigenvalue weighted by atomic mass is 16.5. The summed E-state index contributed by atoms with van der Waals surface area (Å²) in [6.07, 6.45) is 1.30. The van der Waals surface area contributed by atoms with Crippen LogP contribution in [-0.4, -0.2) is 45.3 Å². The lowest BCUT2D eigenvalue weighted by Gasteiger charge is -2.15. The average Bonchev–Trinajstić information content (AvgIpc) is 2.95. The van der Waals surface area contributed by atoms with Crippen molar-refractivity contribution in [2.75, 3.05) is 40.4 Å². The van der Waals surface area contributed by atoms with Gasteiger partial charge in [-0.1, -0.05) is 6.92 Å². The van der Waals surface area contributed by atoms with Crippen molar-refractivity contribution in [3.63, 3.8) is 0 Å². The largest absolute Gasteiger partial charge is 0.497 e. The summed E-state index contributed by atoms with van der Waals surface area (Å²) in [4.78, 5) is 2.51. The van der Waals surface area contributed by atoms with Crippen molar-refractivity contribution in [3.05, 3.63) is 23.8 Å². The zero-order chi connectivity index (χ0) is 14.4. The Morgan fingerprint density at radius 2 is 2.15 bits per heavy atom. The van der Waals surface area contributed by atoms with E-state index in [1.807, 2.05) is 18.2 Å². The number of benzene rings is 1. The fourth-order valence-electron chi connectivity index (χ4n) is 2.80. The van der Waals surface area contributed by atoms with Gasteiger partial charge in [0.1, 0.15) is 11.5 Å². The van der Waals surface area contributed by atoms with Crippen LogP contribution < -0.4 is 14.8 Å². The maximum Gasteiger partial charge on any atom is 0.123 e. The van der Waals surface area contributed by atoms with E-state index in [1.165, 1.54) is 26.1 Å². The Kier molecular flexibility index (Phi) is 5.68. The second-order valence-electron chi connectivity index (χ2n) is 5.36. The summed E-state index contributed by atoms with van der Waals surface area (Å²) < 4.78 is 10.7. The van der Waals surface area contributed by atoms with E-state index in [0.717, 1.165) is 36.1 Å². The maximum absolute atomic E-state index is 5.40. The molecule has 4 nitrogen and oxygen atoms in total. The Morgan fingerprint density at radius 3 is 2.80 bits per heavy atom. The highest BCUT2D eigenvalue weighted by Crippen LogP contribution is 2.24. The summed E-state index contributed by atoms with van der Waals surface area (Å²) in [6.45, 7) is 7.75. The van der Waals surface area contributed by atoms with Crippen molar-refractivity contribution in [2.24, 2.45) is 5.92 Å². The quantitative estimate of drug-likeness (QED) is 0.828. The van der Waals surface area contributed by atoms with Gasteiger partial charge in [-0.25, -0.2) is 0 Å². The van der Waals surface area contributed by atoms with Crippen LogP contribution in [0.4, 0.5) is 0 Å². The number of hydrogen-bond donors (Lipinski definition) is 1. The molecule has 1 heterocycles. The van der Waals surface area contributed by atoms with E-state index in [9.17, 15) is 0 Å². The SMILES string of the molecule is CCN1CC[C@@H](CNCc2cc(OC)ccc2OC)C1. The van der Waals surface area contributed by atoms with Crippen LogP contribution in [0, 0.1) is 5.92 Å². The van der Waals surface area contributed by atoms with E-state index in [0.29, 0.717) is 0 Å². The third-order valence-electron chi connectivity index (χ3n) is 4.05. The molecule has 0 saturated carbocycles. The molecule has 1 aromatic rings. The first-order valence-corrected chi connectivity index (χ1v) is 7.40. The first kappa shape index (κ1) is 15.1. The number of ether oxygens (including phenoxy) is 2. The van der Waals surface area contributed by atoms with Crippen LogP contribution in [0.15, 0.2) is 18.2 Å². The summed E-state index contributed by atoms with van der Waals surface area (Å²) in [5.74, 6) is 2.56. The summed E-state index contributed by atoms with van der Waals surface area (Å²) >= 11 is 0. The third-order valence-corrected chi connectivity index (χ3v) is 4.05. The molecule has 1 N–H and O–H groups in total. The maximum atomic E-state index is 5.40. The van der Waals surface area contributed by atoms with Crippen LogP contribution in [0.25, 0.3) is 0 Å². The van der Waals surface area contributed by atoms with Crippen molar-refractivity contribution < 1.29 is 9.47 Å². The van der Waals surface area contributed by atoms with Crippen LogP contribution in [0.2, 0.25) is 0 Å². The van der Waals surface area contributed by atoms with Gasteiger partial charge in [0, 0.05) is 18.7 Å². The molecule has 0 bridgehead atoms. The molecule has 1 aliphatic heterocycles. The molecule has 1 aromatic carbocycles. The molecule has 1 fully saturated rings. The number of methoxy groups -OCH3 is 2. The fourth-order valence-corrected chi connectivity index (χ4v) is 2.80. The topological polar surface area (TPSA) is 33.7 Å². The van der Waals surface area contributed by atoms with Crippen molar-refractivity contribution in [2.45, 2.75) is 19.9 Å². The average molecular weight is 278 g/mol. The highest BCUT2D eigenvalue weighted by molar-refractivity contribution is 5.40. The molecule has 112 valence electrons. The van der Waals surface area contributed by atoms with Gasteiger partial charge >= 0.3 is 0 Å². The Hall–Kier alpha value is -1.26. The molecule has 4 heteroatoms. The highest BCUT2D eigenvalue weighted by Gasteiger charge is 2.20. The van der Waals surface area contributed by atoms with Crippen molar-refractivity contribution in [1.29, 1.82) is 0 Å². The summed E-state index contributed by atoms with van der Waals surface area (Å²) in [7, 11) is 3.40. The van der Waals surface area contributed by atoms with Crippen molar-refractivity contribution in [1.82, 2.24) is 10.2 Å². The number of nitrogens with one attached hydrogen (secondary N) is 1. The van der Waals surface area contributed by atoms with Crippen LogP contribution in [-0.2, 0) is 6.54 Å². The molecule has 0 unspecified atom stereocenters. The smallest absolute Gasteiger partial charge is 0.123 e. The van der Waals surface area contributed by atoms with Crippen LogP contribution in [0.3, 0.4) is 0 Å². The minimum absolute atomic E-state index is 0.770. The van der Waals surface area contributed by atoms with Crippen molar-refractivity contribution in [3.8, 4) is 11.5 Å². The van der Waals surface area contributed by atoms with Gasteiger partial charge in [-0.3, -0.25) is 0 Å². The Morgan fingerprint density at radius 1 is 1.30 bits per heavy atom. The van der Waals surface area contributed by atoms with E-state index < -0.39 is 0 Å². The van der Waals surface area contributed by atoms with E-state index in [2.05, 4.69) is 17.1 Å². The van der Waals surface area contributed by atoms with E-state index in [-0.39, 0.29) is 0 Å². The lowest BCUT2D eigenvalue weighted by atomic mass is 10.1. The molecule has 1 aliphatic rings. The van der Waals surface area contributed by atoms with Gasteiger partial charge in [-0.2, -0.15) is 0 Å². The zero-order valence-electron chi connectivity index (χ0n) is 12.8. The predicted octanol–water partition coefficient (Wildman–Crippen LogP) is 2.14. The summed E-state index contributed by atoms with van der Waals surface area (Å²) in [5, 5.41) is 3.55. The minimum Gasteiger partial charge on any atom is -0.497 e. The molecule has 1 atom stereocenters. The standard InChI is InChI=1S/C16H26N2O2/c1-4-18-8-7-13(12-18)10-17-11-14-9-15(19-2)5-6-16(14)20-3/h5-6,9,13,17H,4,7-8,10-12H2,1-3H3/t13-/m0/s1. The lowest BCUT2D eigenvalue weighted by Crippen LogP contribution is -2.26. The molecule has 2 rings (SSSR count). The molecule has 0 spiro atoms. The van der Waals surface area contributed by atoms with Crippen LogP contribution in [0.1, 0.15) is 18.9 Å². The van der Waals surface area contributed by atoms with Crippen LogP contribution in [0.5, 0.6) is 11.5 Å². The zero-order valence-corrected chi connectivity index (χ0v) is 12.8.